The van der Waals surface area contributed by atoms with Gasteiger partial charge in [0.2, 0.25) is 0 Å². The van der Waals surface area contributed by atoms with E-state index in [4.69, 9.17) is 0 Å². The van der Waals surface area contributed by atoms with Crippen LogP contribution in [0.1, 0.15) is 51.9 Å². The third kappa shape index (κ3) is 1.52. The maximum Gasteiger partial charge on any atom is 0.0568 e. The van der Waals surface area contributed by atoms with E-state index in [1.807, 2.05) is 6.92 Å². The zero-order chi connectivity index (χ0) is 8.60. The SMILES string of the molecule is CC(O)C1(CC2CCCC2)CC1. The van der Waals surface area contributed by atoms with Crippen LogP contribution in [0.5, 0.6) is 0 Å². The molecule has 1 unspecified atom stereocenters. The number of hydrogen-bond acceptors (Lipinski definition) is 1. The first-order valence-electron chi connectivity index (χ1n) is 5.41. The molecular weight excluding hydrogens is 148 g/mol. The van der Waals surface area contributed by atoms with Crippen molar-refractivity contribution in [2.75, 3.05) is 0 Å². The van der Waals surface area contributed by atoms with Crippen molar-refractivity contribution in [1.29, 1.82) is 0 Å². The van der Waals surface area contributed by atoms with E-state index < -0.39 is 0 Å². The fourth-order valence-electron chi connectivity index (χ4n) is 2.74. The number of aliphatic hydroxyl groups is 1. The smallest absolute Gasteiger partial charge is 0.0568 e. The second kappa shape index (κ2) is 3.02. The molecular formula is C11H20O. The molecule has 0 heterocycles. The van der Waals surface area contributed by atoms with Gasteiger partial charge in [-0.25, -0.2) is 0 Å². The highest BCUT2D eigenvalue weighted by Gasteiger charge is 2.47. The summed E-state index contributed by atoms with van der Waals surface area (Å²) in [5.74, 6) is 0.946. The Hall–Kier alpha value is -0.0400. The summed E-state index contributed by atoms with van der Waals surface area (Å²) < 4.78 is 0. The lowest BCUT2D eigenvalue weighted by Crippen LogP contribution is -2.20. The molecule has 0 saturated heterocycles. The summed E-state index contributed by atoms with van der Waals surface area (Å²) in [4.78, 5) is 0. The Kier molecular flexibility index (Phi) is 2.16. The minimum atomic E-state index is -0.0573. The van der Waals surface area contributed by atoms with Crippen LogP contribution in [0.2, 0.25) is 0 Å². The van der Waals surface area contributed by atoms with Gasteiger partial charge in [-0.3, -0.25) is 0 Å². The lowest BCUT2D eigenvalue weighted by molar-refractivity contribution is 0.0927. The van der Waals surface area contributed by atoms with Gasteiger partial charge in [-0.1, -0.05) is 25.7 Å². The topological polar surface area (TPSA) is 20.2 Å². The molecule has 0 aliphatic heterocycles. The van der Waals surface area contributed by atoms with E-state index in [0.717, 1.165) is 5.92 Å². The molecule has 0 aromatic rings. The zero-order valence-electron chi connectivity index (χ0n) is 8.05. The summed E-state index contributed by atoms with van der Waals surface area (Å²) >= 11 is 0. The van der Waals surface area contributed by atoms with Crippen LogP contribution in [-0.4, -0.2) is 11.2 Å². The number of rotatable bonds is 3. The zero-order valence-corrected chi connectivity index (χ0v) is 8.05. The summed E-state index contributed by atoms with van der Waals surface area (Å²) in [5, 5.41) is 9.60. The van der Waals surface area contributed by atoms with Crippen molar-refractivity contribution >= 4 is 0 Å². The summed E-state index contributed by atoms with van der Waals surface area (Å²) in [6, 6.07) is 0. The minimum Gasteiger partial charge on any atom is -0.393 e. The second-order valence-electron chi connectivity index (χ2n) is 4.89. The second-order valence-corrected chi connectivity index (χ2v) is 4.89. The lowest BCUT2D eigenvalue weighted by Gasteiger charge is -2.22. The molecule has 2 rings (SSSR count). The molecule has 12 heavy (non-hydrogen) atoms. The van der Waals surface area contributed by atoms with Crippen LogP contribution in [0.15, 0.2) is 0 Å². The Bertz CT molecular complexity index is 152. The first kappa shape index (κ1) is 8.55. The Labute approximate surface area is 75.2 Å². The van der Waals surface area contributed by atoms with Crippen molar-refractivity contribution in [3.8, 4) is 0 Å². The summed E-state index contributed by atoms with van der Waals surface area (Å²) in [5.41, 5.74) is 0.370. The predicted molar refractivity (Wildman–Crippen MR) is 49.9 cm³/mol. The molecule has 2 aliphatic rings. The average molecular weight is 168 g/mol. The van der Waals surface area contributed by atoms with Gasteiger partial charge in [0.05, 0.1) is 6.10 Å². The van der Waals surface area contributed by atoms with Gasteiger partial charge in [0.1, 0.15) is 0 Å². The van der Waals surface area contributed by atoms with E-state index in [-0.39, 0.29) is 6.10 Å². The van der Waals surface area contributed by atoms with Gasteiger partial charge in [-0.15, -0.1) is 0 Å². The Morgan fingerprint density at radius 2 is 1.92 bits per heavy atom. The number of hydrogen-bond donors (Lipinski definition) is 1. The first-order valence-corrected chi connectivity index (χ1v) is 5.41. The van der Waals surface area contributed by atoms with Gasteiger partial charge in [0, 0.05) is 0 Å². The third-order valence-corrected chi connectivity index (χ3v) is 3.95. The molecule has 1 atom stereocenters. The molecule has 0 aromatic carbocycles. The molecule has 1 heteroatoms. The van der Waals surface area contributed by atoms with E-state index in [9.17, 15) is 5.11 Å². The highest BCUT2D eigenvalue weighted by molar-refractivity contribution is 4.98. The first-order chi connectivity index (χ1) is 5.73. The van der Waals surface area contributed by atoms with E-state index >= 15 is 0 Å². The van der Waals surface area contributed by atoms with Crippen LogP contribution in [0.25, 0.3) is 0 Å². The highest BCUT2D eigenvalue weighted by atomic mass is 16.3. The van der Waals surface area contributed by atoms with Crippen molar-refractivity contribution in [2.45, 2.75) is 58.0 Å². The molecule has 1 nitrogen and oxygen atoms in total. The van der Waals surface area contributed by atoms with Crippen molar-refractivity contribution in [3.63, 3.8) is 0 Å². The quantitative estimate of drug-likeness (QED) is 0.687. The molecule has 0 bridgehead atoms. The van der Waals surface area contributed by atoms with E-state index in [1.165, 1.54) is 44.9 Å². The Morgan fingerprint density at radius 3 is 2.33 bits per heavy atom. The molecule has 70 valence electrons. The van der Waals surface area contributed by atoms with Crippen LogP contribution < -0.4 is 0 Å². The van der Waals surface area contributed by atoms with Crippen molar-refractivity contribution in [2.24, 2.45) is 11.3 Å². The van der Waals surface area contributed by atoms with Crippen molar-refractivity contribution in [1.82, 2.24) is 0 Å². The summed E-state index contributed by atoms with van der Waals surface area (Å²) in [6.45, 7) is 1.97. The highest BCUT2D eigenvalue weighted by Crippen LogP contribution is 2.55. The minimum absolute atomic E-state index is 0.0573. The average Bonchev–Trinajstić information content (AvgIpc) is 2.60. The fourth-order valence-corrected chi connectivity index (χ4v) is 2.74. The Balaban J connectivity index is 1.85. The van der Waals surface area contributed by atoms with Crippen LogP contribution in [0.3, 0.4) is 0 Å². The molecule has 2 aliphatic carbocycles. The molecule has 0 radical (unpaired) electrons. The van der Waals surface area contributed by atoms with Gasteiger partial charge < -0.3 is 5.11 Å². The van der Waals surface area contributed by atoms with Gasteiger partial charge in [-0.2, -0.15) is 0 Å². The van der Waals surface area contributed by atoms with Crippen molar-refractivity contribution < 1.29 is 5.11 Å². The Morgan fingerprint density at radius 1 is 1.33 bits per heavy atom. The standard InChI is InChI=1S/C11H20O/c1-9(12)11(6-7-11)8-10-4-2-3-5-10/h9-10,12H,2-8H2,1H3. The van der Waals surface area contributed by atoms with Crippen LogP contribution in [0, 0.1) is 11.3 Å². The molecule has 0 amide bonds. The van der Waals surface area contributed by atoms with E-state index in [0.29, 0.717) is 5.41 Å². The van der Waals surface area contributed by atoms with Crippen molar-refractivity contribution in [3.05, 3.63) is 0 Å². The predicted octanol–water partition coefficient (Wildman–Crippen LogP) is 2.73. The lowest BCUT2D eigenvalue weighted by atomic mass is 9.87. The third-order valence-electron chi connectivity index (χ3n) is 3.95. The van der Waals surface area contributed by atoms with Gasteiger partial charge in [0.25, 0.3) is 0 Å². The van der Waals surface area contributed by atoms with Gasteiger partial charge in [-0.05, 0) is 37.5 Å². The molecule has 1 N–H and O–H groups in total. The number of aliphatic hydroxyl groups excluding tert-OH is 1. The molecule has 0 spiro atoms. The summed E-state index contributed by atoms with van der Waals surface area (Å²) in [7, 11) is 0. The van der Waals surface area contributed by atoms with Crippen LogP contribution in [0.4, 0.5) is 0 Å². The largest absolute Gasteiger partial charge is 0.393 e. The van der Waals surface area contributed by atoms with Crippen LogP contribution >= 0.6 is 0 Å². The summed E-state index contributed by atoms with van der Waals surface area (Å²) in [6.07, 6.45) is 9.52. The monoisotopic (exact) mass is 168 g/mol. The van der Waals surface area contributed by atoms with E-state index in [2.05, 4.69) is 0 Å². The maximum atomic E-state index is 9.60. The normalized spacial score (nSPS) is 30.5. The fraction of sp³-hybridized carbons (Fsp3) is 1.00. The maximum absolute atomic E-state index is 9.60. The molecule has 2 saturated carbocycles. The van der Waals surface area contributed by atoms with E-state index in [1.54, 1.807) is 0 Å². The molecule has 2 fully saturated rings. The van der Waals surface area contributed by atoms with Crippen LogP contribution in [-0.2, 0) is 0 Å². The molecule has 0 aromatic heterocycles. The van der Waals surface area contributed by atoms with Gasteiger partial charge in [0.15, 0.2) is 0 Å². The van der Waals surface area contributed by atoms with Gasteiger partial charge >= 0.3 is 0 Å².